The summed E-state index contributed by atoms with van der Waals surface area (Å²) in [5.74, 6) is 1.75. The fraction of sp³-hybridized carbons (Fsp3) is 0.250. The van der Waals surface area contributed by atoms with Crippen molar-refractivity contribution in [2.75, 3.05) is 36.6 Å². The smallest absolute Gasteiger partial charge is 0.164 e. The van der Waals surface area contributed by atoms with Crippen LogP contribution in [0.5, 0.6) is 0 Å². The molecule has 1 fully saturated rings. The van der Waals surface area contributed by atoms with Gasteiger partial charge in [0.2, 0.25) is 0 Å². The van der Waals surface area contributed by atoms with Crippen LogP contribution >= 0.6 is 0 Å². The fourth-order valence-electron chi connectivity index (χ4n) is 3.95. The third-order valence-corrected chi connectivity index (χ3v) is 5.66. The second-order valence-corrected chi connectivity index (χ2v) is 7.99. The zero-order chi connectivity index (χ0) is 22.8. The number of anilines is 2. The van der Waals surface area contributed by atoms with E-state index in [4.69, 9.17) is 20.4 Å². The number of aryl methyl sites for hydroxylation is 2. The molecule has 5 rings (SSSR count). The quantitative estimate of drug-likeness (QED) is 0.278. The Hall–Kier alpha value is -3.98. The average Bonchev–Trinajstić information content (AvgIpc) is 3.19. The minimum absolute atomic E-state index is 0.396. The summed E-state index contributed by atoms with van der Waals surface area (Å²) in [6, 6.07) is 15.7. The number of fused-ring (bicyclic) bond motifs is 1. The second kappa shape index (κ2) is 8.87. The summed E-state index contributed by atoms with van der Waals surface area (Å²) in [6.45, 7) is 4.93. The summed E-state index contributed by atoms with van der Waals surface area (Å²) in [6.07, 6.45) is 1.76. The number of hydrogen-bond donors (Lipinski definition) is 2. The van der Waals surface area contributed by atoms with E-state index in [2.05, 4.69) is 20.4 Å². The van der Waals surface area contributed by atoms with Crippen molar-refractivity contribution in [3.05, 3.63) is 65.9 Å². The topological polar surface area (TPSA) is 106 Å². The number of nitrogens with one attached hydrogen (secondary N) is 1. The SMILES string of the molecule is Cc1cccc(/C(N)=N/Nc2cc(N3CCOCC3)c3nc(-c4ccccn4)n(C)c3n2)c1. The number of imidazole rings is 1. The predicted molar refractivity (Wildman–Crippen MR) is 130 cm³/mol. The Labute approximate surface area is 191 Å². The highest BCUT2D eigenvalue weighted by Gasteiger charge is 2.21. The first-order valence-corrected chi connectivity index (χ1v) is 10.9. The molecule has 0 aliphatic carbocycles. The van der Waals surface area contributed by atoms with Crippen LogP contribution in [0.3, 0.4) is 0 Å². The van der Waals surface area contributed by atoms with Crippen molar-refractivity contribution in [1.29, 1.82) is 0 Å². The van der Waals surface area contributed by atoms with E-state index < -0.39 is 0 Å². The molecule has 33 heavy (non-hydrogen) atoms. The molecule has 0 radical (unpaired) electrons. The van der Waals surface area contributed by atoms with E-state index in [0.717, 1.165) is 52.6 Å². The molecule has 1 aromatic carbocycles. The van der Waals surface area contributed by atoms with Crippen molar-refractivity contribution in [2.45, 2.75) is 6.92 Å². The summed E-state index contributed by atoms with van der Waals surface area (Å²) >= 11 is 0. The summed E-state index contributed by atoms with van der Waals surface area (Å²) in [5.41, 5.74) is 14.6. The summed E-state index contributed by atoms with van der Waals surface area (Å²) in [4.78, 5) is 16.5. The van der Waals surface area contributed by atoms with Gasteiger partial charge >= 0.3 is 0 Å². The number of morpholine rings is 1. The third-order valence-electron chi connectivity index (χ3n) is 5.66. The zero-order valence-corrected chi connectivity index (χ0v) is 18.7. The number of rotatable bonds is 5. The largest absolute Gasteiger partial charge is 0.382 e. The molecule has 0 amide bonds. The Morgan fingerprint density at radius 2 is 1.94 bits per heavy atom. The minimum Gasteiger partial charge on any atom is -0.382 e. The summed E-state index contributed by atoms with van der Waals surface area (Å²) in [7, 11) is 1.95. The number of ether oxygens (including phenoxy) is 1. The first-order valence-electron chi connectivity index (χ1n) is 10.9. The van der Waals surface area contributed by atoms with Gasteiger partial charge in [0.25, 0.3) is 0 Å². The first kappa shape index (κ1) is 20.9. The molecule has 1 saturated heterocycles. The standard InChI is InChI=1S/C24H26N8O/c1-16-6-5-7-17(14-16)22(25)30-29-20-15-19(32-10-12-33-13-11-32)21-24(27-20)31(2)23(28-21)18-8-3-4-9-26-18/h3-9,14-15H,10-13H2,1-2H3,(H2,25,30)(H,27,29). The Balaban J connectivity index is 1.57. The van der Waals surface area contributed by atoms with E-state index in [1.165, 1.54) is 0 Å². The number of nitrogens with two attached hydrogens (primary N) is 1. The molecule has 168 valence electrons. The third kappa shape index (κ3) is 4.22. The summed E-state index contributed by atoms with van der Waals surface area (Å²) < 4.78 is 7.51. The lowest BCUT2D eigenvalue weighted by Gasteiger charge is -2.29. The molecule has 9 nitrogen and oxygen atoms in total. The van der Waals surface area contributed by atoms with Crippen LogP contribution in [0, 0.1) is 6.92 Å². The van der Waals surface area contributed by atoms with Crippen LogP contribution in [0.1, 0.15) is 11.1 Å². The Bertz CT molecular complexity index is 1310. The van der Waals surface area contributed by atoms with E-state index in [1.807, 2.05) is 67.1 Å². The van der Waals surface area contributed by atoms with Crippen LogP contribution in [-0.2, 0) is 11.8 Å². The van der Waals surface area contributed by atoms with E-state index in [1.54, 1.807) is 6.20 Å². The minimum atomic E-state index is 0.396. The highest BCUT2D eigenvalue weighted by atomic mass is 16.5. The Morgan fingerprint density at radius 1 is 1.09 bits per heavy atom. The Kier molecular flexibility index (Phi) is 5.62. The summed E-state index contributed by atoms with van der Waals surface area (Å²) in [5, 5.41) is 4.39. The molecule has 0 bridgehead atoms. The molecule has 4 heterocycles. The monoisotopic (exact) mass is 442 g/mol. The van der Waals surface area contributed by atoms with Gasteiger partial charge in [0.1, 0.15) is 11.2 Å². The van der Waals surface area contributed by atoms with Gasteiger partial charge in [-0.15, -0.1) is 0 Å². The lowest BCUT2D eigenvalue weighted by Crippen LogP contribution is -2.36. The van der Waals surface area contributed by atoms with Gasteiger partial charge in [0.15, 0.2) is 23.1 Å². The molecule has 0 saturated carbocycles. The van der Waals surface area contributed by atoms with Crippen molar-refractivity contribution in [3.63, 3.8) is 0 Å². The van der Waals surface area contributed by atoms with Crippen LogP contribution in [0.25, 0.3) is 22.7 Å². The normalized spacial score (nSPS) is 14.6. The highest BCUT2D eigenvalue weighted by molar-refractivity contribution is 5.98. The van der Waals surface area contributed by atoms with Gasteiger partial charge in [-0.05, 0) is 25.1 Å². The van der Waals surface area contributed by atoms with Crippen LogP contribution < -0.4 is 16.1 Å². The Morgan fingerprint density at radius 3 is 2.70 bits per heavy atom. The van der Waals surface area contributed by atoms with Gasteiger partial charge < -0.3 is 19.9 Å². The lowest BCUT2D eigenvalue weighted by molar-refractivity contribution is 0.123. The number of benzene rings is 1. The fourth-order valence-corrected chi connectivity index (χ4v) is 3.95. The molecule has 0 unspecified atom stereocenters. The van der Waals surface area contributed by atoms with E-state index in [0.29, 0.717) is 24.9 Å². The number of nitrogens with zero attached hydrogens (tertiary/aromatic N) is 6. The second-order valence-electron chi connectivity index (χ2n) is 7.99. The lowest BCUT2D eigenvalue weighted by atomic mass is 10.1. The van der Waals surface area contributed by atoms with Gasteiger partial charge in [-0.3, -0.25) is 10.4 Å². The number of pyridine rings is 2. The van der Waals surface area contributed by atoms with Gasteiger partial charge in [-0.25, -0.2) is 9.97 Å². The number of hydrazone groups is 1. The zero-order valence-electron chi connectivity index (χ0n) is 18.7. The average molecular weight is 443 g/mol. The molecule has 1 aliphatic heterocycles. The van der Waals surface area contributed by atoms with Crippen molar-refractivity contribution >= 4 is 28.5 Å². The van der Waals surface area contributed by atoms with Crippen LogP contribution in [-0.4, -0.2) is 51.7 Å². The maximum atomic E-state index is 6.22. The van der Waals surface area contributed by atoms with Crippen LogP contribution in [0.2, 0.25) is 0 Å². The molecule has 3 aromatic heterocycles. The first-order chi connectivity index (χ1) is 16.1. The highest BCUT2D eigenvalue weighted by Crippen LogP contribution is 2.31. The number of amidine groups is 1. The van der Waals surface area contributed by atoms with Gasteiger partial charge in [0.05, 0.1) is 18.9 Å². The molecular formula is C24H26N8O. The predicted octanol–water partition coefficient (Wildman–Crippen LogP) is 2.91. The maximum absolute atomic E-state index is 6.22. The van der Waals surface area contributed by atoms with Crippen LogP contribution in [0.15, 0.2) is 59.8 Å². The number of aromatic nitrogens is 4. The molecular weight excluding hydrogens is 416 g/mol. The molecule has 0 spiro atoms. The molecule has 9 heteroatoms. The van der Waals surface area contributed by atoms with Crippen molar-refractivity contribution in [3.8, 4) is 11.5 Å². The maximum Gasteiger partial charge on any atom is 0.164 e. The molecule has 0 atom stereocenters. The van der Waals surface area contributed by atoms with Crippen molar-refractivity contribution in [2.24, 2.45) is 17.9 Å². The molecule has 3 N–H and O–H groups in total. The van der Waals surface area contributed by atoms with E-state index in [-0.39, 0.29) is 0 Å². The van der Waals surface area contributed by atoms with Gasteiger partial charge in [-0.2, -0.15) is 5.10 Å². The van der Waals surface area contributed by atoms with E-state index in [9.17, 15) is 0 Å². The van der Waals surface area contributed by atoms with Gasteiger partial charge in [0, 0.05) is 38.0 Å². The van der Waals surface area contributed by atoms with Gasteiger partial charge in [-0.1, -0.05) is 29.8 Å². The van der Waals surface area contributed by atoms with Crippen LogP contribution in [0.4, 0.5) is 11.5 Å². The molecule has 4 aromatic rings. The van der Waals surface area contributed by atoms with Crippen molar-refractivity contribution < 1.29 is 4.74 Å². The molecule has 1 aliphatic rings. The van der Waals surface area contributed by atoms with E-state index >= 15 is 0 Å². The number of hydrogen-bond acceptors (Lipinski definition) is 7. The van der Waals surface area contributed by atoms with Crippen molar-refractivity contribution in [1.82, 2.24) is 19.5 Å².